The van der Waals surface area contributed by atoms with E-state index < -0.39 is 11.7 Å². The van der Waals surface area contributed by atoms with Gasteiger partial charge in [-0.15, -0.1) is 0 Å². The molecule has 136 valence electrons. The molecule has 1 heterocycles. The third kappa shape index (κ3) is 4.04. The molecule has 7 heteroatoms. The van der Waals surface area contributed by atoms with Gasteiger partial charge in [-0.25, -0.2) is 4.98 Å². The van der Waals surface area contributed by atoms with Crippen molar-refractivity contribution in [3.8, 4) is 5.69 Å². The zero-order valence-electron chi connectivity index (χ0n) is 14.4. The largest absolute Gasteiger partial charge is 0.416 e. The van der Waals surface area contributed by atoms with Crippen molar-refractivity contribution in [1.82, 2.24) is 9.55 Å². The van der Waals surface area contributed by atoms with Crippen molar-refractivity contribution in [3.63, 3.8) is 0 Å². The number of imidazole rings is 1. The Balaban J connectivity index is 1.80. The predicted octanol–water partition coefficient (Wildman–Crippen LogP) is 5.25. The lowest BCUT2D eigenvalue weighted by Gasteiger charge is -2.17. The first-order valence-corrected chi connectivity index (χ1v) is 8.94. The van der Waals surface area contributed by atoms with Crippen LogP contribution in [-0.4, -0.2) is 23.6 Å². The molecule has 3 nitrogen and oxygen atoms in total. The first kappa shape index (κ1) is 18.4. The van der Waals surface area contributed by atoms with Crippen molar-refractivity contribution in [2.24, 2.45) is 0 Å². The van der Waals surface area contributed by atoms with Gasteiger partial charge >= 0.3 is 6.18 Å². The van der Waals surface area contributed by atoms with Crippen LogP contribution in [0.3, 0.4) is 0 Å². The van der Waals surface area contributed by atoms with Gasteiger partial charge in [0.25, 0.3) is 0 Å². The van der Waals surface area contributed by atoms with Crippen LogP contribution in [0, 0.1) is 0 Å². The molecule has 0 fully saturated rings. The van der Waals surface area contributed by atoms with E-state index in [1.165, 1.54) is 17.7 Å². The number of rotatable bonds is 5. The van der Waals surface area contributed by atoms with Crippen LogP contribution in [0.2, 0.25) is 0 Å². The van der Waals surface area contributed by atoms with Gasteiger partial charge in [0.1, 0.15) is 0 Å². The Labute approximate surface area is 154 Å². The Hall–Kier alpha value is -2.41. The number of alkyl halides is 3. The predicted molar refractivity (Wildman–Crippen MR) is 98.9 cm³/mol. The van der Waals surface area contributed by atoms with Crippen LogP contribution >= 0.6 is 11.8 Å². The molecule has 0 saturated heterocycles. The molecule has 1 aromatic heterocycles. The van der Waals surface area contributed by atoms with E-state index in [4.69, 9.17) is 0 Å². The number of para-hydroxylation sites is 1. The fourth-order valence-electron chi connectivity index (χ4n) is 2.62. The number of anilines is 1. The standard InChI is InChI=1S/C19H18F3N3S/c1-24(2)17-6-4-3-5-14(17)13-26-18-23-11-12-25(18)16-9-7-15(8-10-16)19(20,21)22/h3-12H,13H2,1-2H3. The number of hydrogen-bond acceptors (Lipinski definition) is 3. The van der Waals surface area contributed by atoms with E-state index in [2.05, 4.69) is 22.0 Å². The summed E-state index contributed by atoms with van der Waals surface area (Å²) >= 11 is 1.55. The highest BCUT2D eigenvalue weighted by Gasteiger charge is 2.30. The molecule has 0 unspecified atom stereocenters. The highest BCUT2D eigenvalue weighted by molar-refractivity contribution is 7.98. The molecule has 0 atom stereocenters. The Morgan fingerprint density at radius 2 is 1.73 bits per heavy atom. The van der Waals surface area contributed by atoms with Gasteiger partial charge in [0.2, 0.25) is 0 Å². The van der Waals surface area contributed by atoms with Gasteiger partial charge in [-0.3, -0.25) is 4.57 Å². The molecule has 0 N–H and O–H groups in total. The Kier molecular flexibility index (Phi) is 5.27. The van der Waals surface area contributed by atoms with Crippen molar-refractivity contribution in [3.05, 3.63) is 72.1 Å². The van der Waals surface area contributed by atoms with Gasteiger partial charge in [-0.05, 0) is 35.9 Å². The normalized spacial score (nSPS) is 11.6. The number of nitrogens with zero attached hydrogens (tertiary/aromatic N) is 3. The molecule has 0 bridgehead atoms. The molecule has 0 radical (unpaired) electrons. The number of thioether (sulfide) groups is 1. The first-order valence-electron chi connectivity index (χ1n) is 7.95. The minimum atomic E-state index is -4.33. The summed E-state index contributed by atoms with van der Waals surface area (Å²) in [5.74, 6) is 0.714. The molecule has 3 rings (SSSR count). The van der Waals surface area contributed by atoms with Crippen LogP contribution in [0.25, 0.3) is 5.69 Å². The Morgan fingerprint density at radius 1 is 1.04 bits per heavy atom. The van der Waals surface area contributed by atoms with E-state index >= 15 is 0 Å². The summed E-state index contributed by atoms with van der Waals surface area (Å²) in [6.45, 7) is 0. The Morgan fingerprint density at radius 3 is 2.38 bits per heavy atom. The maximum atomic E-state index is 12.7. The molecule has 0 saturated carbocycles. The van der Waals surface area contributed by atoms with Crippen molar-refractivity contribution in [2.75, 3.05) is 19.0 Å². The summed E-state index contributed by atoms with van der Waals surface area (Å²) in [5, 5.41) is 0.735. The topological polar surface area (TPSA) is 21.1 Å². The number of benzene rings is 2. The van der Waals surface area contributed by atoms with Crippen LogP contribution in [0.5, 0.6) is 0 Å². The third-order valence-electron chi connectivity index (χ3n) is 3.91. The average molecular weight is 377 g/mol. The summed E-state index contributed by atoms with van der Waals surface area (Å²) in [4.78, 5) is 6.40. The van der Waals surface area contributed by atoms with Gasteiger partial charge in [0.15, 0.2) is 5.16 Å². The van der Waals surface area contributed by atoms with E-state index in [-0.39, 0.29) is 0 Å². The summed E-state index contributed by atoms with van der Waals surface area (Å²) < 4.78 is 40.0. The van der Waals surface area contributed by atoms with Gasteiger partial charge < -0.3 is 4.90 Å². The van der Waals surface area contributed by atoms with E-state index in [0.717, 1.165) is 23.0 Å². The van der Waals surface area contributed by atoms with Gasteiger partial charge in [0, 0.05) is 43.6 Å². The Bertz CT molecular complexity index is 870. The van der Waals surface area contributed by atoms with Crippen LogP contribution in [-0.2, 0) is 11.9 Å². The molecule has 0 aliphatic rings. The molecule has 0 spiro atoms. The highest BCUT2D eigenvalue weighted by Crippen LogP contribution is 2.31. The van der Waals surface area contributed by atoms with E-state index in [9.17, 15) is 13.2 Å². The summed E-state index contributed by atoms with van der Waals surface area (Å²) in [6, 6.07) is 13.2. The molecular weight excluding hydrogens is 359 g/mol. The van der Waals surface area contributed by atoms with Gasteiger partial charge in [-0.1, -0.05) is 30.0 Å². The minimum Gasteiger partial charge on any atom is -0.377 e. The second-order valence-corrected chi connectivity index (χ2v) is 6.88. The molecule has 0 aliphatic carbocycles. The molecular formula is C19H18F3N3S. The molecule has 0 aliphatic heterocycles. The SMILES string of the molecule is CN(C)c1ccccc1CSc1nccn1-c1ccc(C(F)(F)F)cc1. The fourth-order valence-corrected chi connectivity index (χ4v) is 3.58. The zero-order chi connectivity index (χ0) is 18.7. The summed E-state index contributed by atoms with van der Waals surface area (Å²) in [7, 11) is 3.99. The van der Waals surface area contributed by atoms with E-state index in [0.29, 0.717) is 11.4 Å². The third-order valence-corrected chi connectivity index (χ3v) is 4.93. The quantitative estimate of drug-likeness (QED) is 0.567. The van der Waals surface area contributed by atoms with Gasteiger partial charge in [-0.2, -0.15) is 13.2 Å². The van der Waals surface area contributed by atoms with E-state index in [1.54, 1.807) is 28.7 Å². The van der Waals surface area contributed by atoms with Crippen LogP contribution < -0.4 is 4.90 Å². The van der Waals surface area contributed by atoms with E-state index in [1.807, 2.05) is 26.2 Å². The highest BCUT2D eigenvalue weighted by atomic mass is 32.2. The van der Waals surface area contributed by atoms with Crippen molar-refractivity contribution >= 4 is 17.4 Å². The number of hydrogen-bond donors (Lipinski definition) is 0. The first-order chi connectivity index (χ1) is 12.4. The number of halogens is 3. The molecule has 2 aromatic carbocycles. The minimum absolute atomic E-state index is 0.652. The maximum absolute atomic E-state index is 12.7. The van der Waals surface area contributed by atoms with Crippen molar-refractivity contribution < 1.29 is 13.2 Å². The molecule has 26 heavy (non-hydrogen) atoms. The molecule has 3 aromatic rings. The maximum Gasteiger partial charge on any atom is 0.416 e. The lowest BCUT2D eigenvalue weighted by atomic mass is 10.2. The van der Waals surface area contributed by atoms with Gasteiger partial charge in [0.05, 0.1) is 5.56 Å². The van der Waals surface area contributed by atoms with Crippen molar-refractivity contribution in [1.29, 1.82) is 0 Å². The lowest BCUT2D eigenvalue weighted by molar-refractivity contribution is -0.137. The van der Waals surface area contributed by atoms with Crippen LogP contribution in [0.4, 0.5) is 18.9 Å². The monoisotopic (exact) mass is 377 g/mol. The smallest absolute Gasteiger partial charge is 0.377 e. The average Bonchev–Trinajstić information content (AvgIpc) is 3.08. The van der Waals surface area contributed by atoms with Crippen molar-refractivity contribution in [2.45, 2.75) is 17.1 Å². The van der Waals surface area contributed by atoms with Crippen LogP contribution in [0.1, 0.15) is 11.1 Å². The fraction of sp³-hybridized carbons (Fsp3) is 0.211. The second-order valence-electron chi connectivity index (χ2n) is 5.94. The lowest BCUT2D eigenvalue weighted by Crippen LogP contribution is -2.10. The second kappa shape index (κ2) is 7.45. The number of aromatic nitrogens is 2. The molecule has 0 amide bonds. The summed E-state index contributed by atoms with van der Waals surface area (Å²) in [6.07, 6.45) is -0.929. The zero-order valence-corrected chi connectivity index (χ0v) is 15.2. The van der Waals surface area contributed by atoms with Crippen LogP contribution in [0.15, 0.2) is 66.1 Å². The summed E-state index contributed by atoms with van der Waals surface area (Å²) in [5.41, 5.74) is 2.30.